The van der Waals surface area contributed by atoms with Crippen molar-refractivity contribution in [3.63, 3.8) is 0 Å². The predicted octanol–water partition coefficient (Wildman–Crippen LogP) is 0.108. The van der Waals surface area contributed by atoms with E-state index in [1.165, 1.54) is 12.3 Å². The molecule has 3 rings (SSSR count). The lowest BCUT2D eigenvalue weighted by Gasteiger charge is -2.33. The highest BCUT2D eigenvalue weighted by atomic mass is 16.5. The van der Waals surface area contributed by atoms with Gasteiger partial charge in [0.25, 0.3) is 5.91 Å². The number of rotatable bonds is 1. The summed E-state index contributed by atoms with van der Waals surface area (Å²) in [6.07, 6.45) is 1.58. The van der Waals surface area contributed by atoms with Crippen LogP contribution in [0.5, 0.6) is 0 Å². The summed E-state index contributed by atoms with van der Waals surface area (Å²) in [4.78, 5) is 20.5. The highest BCUT2D eigenvalue weighted by Crippen LogP contribution is 2.22. The maximum absolute atomic E-state index is 12.4. The Hall–Kier alpha value is -1.97. The minimum atomic E-state index is -0.131. The standard InChI is InChI=1S/C14H16N4O2/c1-17-4-5-20-13-9-18(8-12(13)17)14(19)11-6-10(7-15)2-3-16-11/h2-3,6,12-13H,4-5,8-9H2,1H3/t12-,13+/m0/s1. The van der Waals surface area contributed by atoms with E-state index in [0.29, 0.717) is 31.0 Å². The summed E-state index contributed by atoms with van der Waals surface area (Å²) in [5.41, 5.74) is 0.777. The molecule has 0 unspecified atom stereocenters. The van der Waals surface area contributed by atoms with Crippen molar-refractivity contribution in [2.45, 2.75) is 12.1 Å². The van der Waals surface area contributed by atoms with Gasteiger partial charge < -0.3 is 9.64 Å². The van der Waals surface area contributed by atoms with Crippen LogP contribution in [0.15, 0.2) is 18.3 Å². The Morgan fingerprint density at radius 1 is 1.55 bits per heavy atom. The summed E-state index contributed by atoms with van der Waals surface area (Å²) in [5, 5.41) is 8.88. The molecular formula is C14H16N4O2. The second-order valence-electron chi connectivity index (χ2n) is 5.21. The van der Waals surface area contributed by atoms with E-state index >= 15 is 0 Å². The van der Waals surface area contributed by atoms with E-state index < -0.39 is 0 Å². The zero-order valence-electron chi connectivity index (χ0n) is 11.3. The van der Waals surface area contributed by atoms with Crippen molar-refractivity contribution in [1.82, 2.24) is 14.8 Å². The number of morpholine rings is 1. The van der Waals surface area contributed by atoms with E-state index in [1.807, 2.05) is 6.07 Å². The van der Waals surface area contributed by atoms with Gasteiger partial charge in [-0.15, -0.1) is 0 Å². The molecule has 2 saturated heterocycles. The number of nitrogens with zero attached hydrogens (tertiary/aromatic N) is 4. The van der Waals surface area contributed by atoms with Gasteiger partial charge in [0.2, 0.25) is 0 Å². The van der Waals surface area contributed by atoms with Crippen LogP contribution in [-0.4, -0.2) is 66.1 Å². The molecule has 0 spiro atoms. The lowest BCUT2D eigenvalue weighted by molar-refractivity contribution is -0.0368. The summed E-state index contributed by atoms with van der Waals surface area (Å²) < 4.78 is 5.73. The average molecular weight is 272 g/mol. The molecule has 0 saturated carbocycles. The molecule has 0 aromatic carbocycles. The molecule has 0 bridgehead atoms. The molecule has 6 heteroatoms. The summed E-state index contributed by atoms with van der Waals surface area (Å²) in [7, 11) is 2.06. The van der Waals surface area contributed by atoms with Crippen LogP contribution in [0.4, 0.5) is 0 Å². The monoisotopic (exact) mass is 272 g/mol. The van der Waals surface area contributed by atoms with Gasteiger partial charge in [0, 0.05) is 25.8 Å². The first-order valence-electron chi connectivity index (χ1n) is 6.66. The largest absolute Gasteiger partial charge is 0.373 e. The van der Waals surface area contributed by atoms with E-state index in [1.54, 1.807) is 11.0 Å². The van der Waals surface area contributed by atoms with Crippen molar-refractivity contribution in [1.29, 1.82) is 5.26 Å². The van der Waals surface area contributed by atoms with Crippen molar-refractivity contribution in [3.05, 3.63) is 29.6 Å². The van der Waals surface area contributed by atoms with Crippen LogP contribution in [0.1, 0.15) is 16.1 Å². The van der Waals surface area contributed by atoms with Crippen molar-refractivity contribution in [2.24, 2.45) is 0 Å². The maximum atomic E-state index is 12.4. The number of carbonyl (C=O) groups excluding carboxylic acids is 1. The first kappa shape index (κ1) is 13.0. The maximum Gasteiger partial charge on any atom is 0.272 e. The van der Waals surface area contributed by atoms with Crippen molar-refractivity contribution in [3.8, 4) is 6.07 Å². The quantitative estimate of drug-likeness (QED) is 0.725. The van der Waals surface area contributed by atoms with Gasteiger partial charge in [-0.3, -0.25) is 14.7 Å². The second-order valence-corrected chi connectivity index (χ2v) is 5.21. The van der Waals surface area contributed by atoms with E-state index in [4.69, 9.17) is 10.00 Å². The summed E-state index contributed by atoms with van der Waals surface area (Å²) in [6.45, 7) is 2.85. The molecule has 1 amide bonds. The summed E-state index contributed by atoms with van der Waals surface area (Å²) >= 11 is 0. The summed E-state index contributed by atoms with van der Waals surface area (Å²) in [6, 6.07) is 5.41. The van der Waals surface area contributed by atoms with E-state index in [2.05, 4.69) is 16.9 Å². The Balaban J connectivity index is 1.77. The molecular weight excluding hydrogens is 256 g/mol. The lowest BCUT2D eigenvalue weighted by Crippen LogP contribution is -2.48. The van der Waals surface area contributed by atoms with Gasteiger partial charge in [-0.25, -0.2) is 0 Å². The fraction of sp³-hybridized carbons (Fsp3) is 0.500. The Morgan fingerprint density at radius 2 is 2.40 bits per heavy atom. The molecule has 0 aliphatic carbocycles. The molecule has 2 aliphatic rings. The first-order chi connectivity index (χ1) is 9.69. The number of aromatic nitrogens is 1. The predicted molar refractivity (Wildman–Crippen MR) is 71.0 cm³/mol. The highest BCUT2D eigenvalue weighted by molar-refractivity contribution is 5.92. The molecule has 1 aromatic rings. The first-order valence-corrected chi connectivity index (χ1v) is 6.66. The number of likely N-dealkylation sites (tertiary alicyclic amines) is 1. The molecule has 0 radical (unpaired) electrons. The average Bonchev–Trinajstić information content (AvgIpc) is 2.92. The molecule has 2 fully saturated rings. The van der Waals surface area contributed by atoms with Crippen LogP contribution in [-0.2, 0) is 4.74 Å². The normalized spacial score (nSPS) is 26.1. The molecule has 2 aliphatic heterocycles. The van der Waals surface area contributed by atoms with Gasteiger partial charge in [0.05, 0.1) is 30.4 Å². The van der Waals surface area contributed by atoms with Crippen molar-refractivity contribution in [2.75, 3.05) is 33.3 Å². The zero-order valence-corrected chi connectivity index (χ0v) is 11.3. The molecule has 1 aromatic heterocycles. The fourth-order valence-electron chi connectivity index (χ4n) is 2.80. The molecule has 104 valence electrons. The van der Waals surface area contributed by atoms with Gasteiger partial charge in [0.1, 0.15) is 5.69 Å². The van der Waals surface area contributed by atoms with Gasteiger partial charge in [-0.1, -0.05) is 0 Å². The van der Waals surface area contributed by atoms with Gasteiger partial charge >= 0.3 is 0 Å². The highest BCUT2D eigenvalue weighted by Gasteiger charge is 2.40. The van der Waals surface area contributed by atoms with Crippen LogP contribution in [0.2, 0.25) is 0 Å². The number of carbonyl (C=O) groups is 1. The number of hydrogen-bond donors (Lipinski definition) is 0. The number of fused-ring (bicyclic) bond motifs is 1. The topological polar surface area (TPSA) is 69.5 Å². The van der Waals surface area contributed by atoms with Crippen LogP contribution in [0, 0.1) is 11.3 Å². The lowest BCUT2D eigenvalue weighted by atomic mass is 10.1. The molecule has 0 N–H and O–H groups in total. The van der Waals surface area contributed by atoms with Crippen LogP contribution in [0.25, 0.3) is 0 Å². The second kappa shape index (κ2) is 5.19. The number of nitriles is 1. The zero-order chi connectivity index (χ0) is 14.1. The number of likely N-dealkylation sites (N-methyl/N-ethyl adjacent to an activating group) is 1. The van der Waals surface area contributed by atoms with Crippen molar-refractivity contribution < 1.29 is 9.53 Å². The number of ether oxygens (including phenoxy) is 1. The Bertz CT molecular complexity index is 569. The third-order valence-corrected chi connectivity index (χ3v) is 3.97. The van der Waals surface area contributed by atoms with Gasteiger partial charge in [-0.05, 0) is 19.2 Å². The number of pyridine rings is 1. The van der Waals surface area contributed by atoms with Crippen LogP contribution in [0.3, 0.4) is 0 Å². The fourth-order valence-corrected chi connectivity index (χ4v) is 2.80. The minimum absolute atomic E-state index is 0.0804. The Kier molecular flexibility index (Phi) is 3.38. The minimum Gasteiger partial charge on any atom is -0.373 e. The molecule has 2 atom stereocenters. The van der Waals surface area contributed by atoms with Crippen LogP contribution >= 0.6 is 0 Å². The Morgan fingerprint density at radius 3 is 3.15 bits per heavy atom. The van der Waals surface area contributed by atoms with Gasteiger partial charge in [0.15, 0.2) is 0 Å². The van der Waals surface area contributed by atoms with E-state index in [-0.39, 0.29) is 18.1 Å². The SMILES string of the molecule is CN1CCO[C@@H]2CN(C(=O)c3cc(C#N)ccn3)C[C@@H]21. The van der Waals surface area contributed by atoms with Crippen molar-refractivity contribution >= 4 is 5.91 Å². The smallest absolute Gasteiger partial charge is 0.272 e. The van der Waals surface area contributed by atoms with Crippen LogP contribution < -0.4 is 0 Å². The molecule has 3 heterocycles. The third kappa shape index (κ3) is 2.26. The summed E-state index contributed by atoms with van der Waals surface area (Å²) in [5.74, 6) is -0.131. The van der Waals surface area contributed by atoms with Gasteiger partial charge in [-0.2, -0.15) is 5.26 Å². The molecule has 20 heavy (non-hydrogen) atoms. The number of hydrogen-bond acceptors (Lipinski definition) is 5. The molecule has 6 nitrogen and oxygen atoms in total. The van der Waals surface area contributed by atoms with E-state index in [9.17, 15) is 4.79 Å². The van der Waals surface area contributed by atoms with E-state index in [0.717, 1.165) is 6.54 Å². The Labute approximate surface area is 117 Å². The number of amides is 1. The third-order valence-electron chi connectivity index (χ3n) is 3.97.